The summed E-state index contributed by atoms with van der Waals surface area (Å²) in [7, 11) is -3.08. The van der Waals surface area contributed by atoms with Crippen LogP contribution in [0, 0.1) is 0 Å². The topological polar surface area (TPSA) is 81.4 Å². The van der Waals surface area contributed by atoms with E-state index in [1.54, 1.807) is 0 Å². The molecule has 0 unspecified atom stereocenters. The second-order valence-corrected chi connectivity index (χ2v) is 5.36. The van der Waals surface area contributed by atoms with Crippen molar-refractivity contribution in [2.45, 2.75) is 17.6 Å². The van der Waals surface area contributed by atoms with E-state index in [1.807, 2.05) is 0 Å². The van der Waals surface area contributed by atoms with Gasteiger partial charge < -0.3 is 10.5 Å². The largest absolute Gasteiger partial charge is 0.495 e. The van der Waals surface area contributed by atoms with Crippen LogP contribution in [0.2, 0.25) is 0 Å². The Kier molecular flexibility index (Phi) is 4.77. The van der Waals surface area contributed by atoms with Gasteiger partial charge in [0.1, 0.15) is 17.2 Å². The summed E-state index contributed by atoms with van der Waals surface area (Å²) < 4.78 is 65.9. The first-order valence-corrected chi connectivity index (χ1v) is 6.61. The van der Waals surface area contributed by atoms with Crippen molar-refractivity contribution in [1.29, 1.82) is 0 Å². The van der Waals surface area contributed by atoms with Crippen LogP contribution < -0.4 is 15.2 Å². The summed E-state index contributed by atoms with van der Waals surface area (Å²) in [6, 6.07) is 3.92. The molecule has 9 heteroatoms. The van der Waals surface area contributed by atoms with Crippen molar-refractivity contribution in [3.05, 3.63) is 23.8 Å². The Morgan fingerprint density at radius 3 is 2.47 bits per heavy atom. The predicted molar refractivity (Wildman–Crippen MR) is 62.1 cm³/mol. The number of hydrogen-bond donors (Lipinski definition) is 2. The fourth-order valence-corrected chi connectivity index (χ4v) is 2.48. The van der Waals surface area contributed by atoms with Crippen molar-refractivity contribution in [1.82, 2.24) is 4.72 Å². The highest BCUT2D eigenvalue weighted by Crippen LogP contribution is 2.25. The summed E-state index contributed by atoms with van der Waals surface area (Å²) in [5.74, 6) is -0.0578. The van der Waals surface area contributed by atoms with Crippen molar-refractivity contribution in [2.75, 3.05) is 13.7 Å². The number of sulfonamides is 1. The lowest BCUT2D eigenvalue weighted by Crippen LogP contribution is -2.33. The van der Waals surface area contributed by atoms with Gasteiger partial charge in [0.25, 0.3) is 0 Å². The minimum absolute atomic E-state index is 0.0578. The monoisotopic (exact) mass is 298 g/mol. The molecule has 1 aromatic carbocycles. The van der Waals surface area contributed by atoms with Gasteiger partial charge in [0, 0.05) is 6.54 Å². The molecule has 0 bridgehead atoms. The van der Waals surface area contributed by atoms with Gasteiger partial charge in [-0.05, 0) is 17.7 Å². The summed E-state index contributed by atoms with van der Waals surface area (Å²) in [5.41, 5.74) is 5.98. The Morgan fingerprint density at radius 2 is 2.00 bits per heavy atom. The molecule has 108 valence electrons. The molecule has 1 rings (SSSR count). The molecular formula is C10H13F3N2O3S. The Balaban J connectivity index is 3.07. The number of alkyl halides is 3. The third kappa shape index (κ3) is 4.37. The molecule has 0 saturated carbocycles. The van der Waals surface area contributed by atoms with Gasteiger partial charge in [-0.3, -0.25) is 0 Å². The first-order chi connectivity index (χ1) is 8.69. The van der Waals surface area contributed by atoms with E-state index in [9.17, 15) is 21.6 Å². The van der Waals surface area contributed by atoms with Crippen LogP contribution >= 0.6 is 0 Å². The second-order valence-electron chi connectivity index (χ2n) is 3.63. The molecule has 0 amide bonds. The average Bonchev–Trinajstić information content (AvgIpc) is 2.35. The summed E-state index contributed by atoms with van der Waals surface area (Å²) in [4.78, 5) is -0.364. The maximum absolute atomic E-state index is 12.0. The maximum Gasteiger partial charge on any atom is 0.402 e. The van der Waals surface area contributed by atoms with Crippen LogP contribution in [0.5, 0.6) is 5.75 Å². The van der Waals surface area contributed by atoms with Crippen molar-refractivity contribution in [2.24, 2.45) is 5.73 Å². The van der Waals surface area contributed by atoms with Gasteiger partial charge in [0.05, 0.1) is 7.11 Å². The van der Waals surface area contributed by atoms with Gasteiger partial charge in [-0.1, -0.05) is 6.07 Å². The van der Waals surface area contributed by atoms with Crippen molar-refractivity contribution >= 4 is 10.0 Å². The van der Waals surface area contributed by atoms with Crippen LogP contribution in [0.4, 0.5) is 13.2 Å². The standard InChI is InChI=1S/C10H13F3N2O3S/c1-18-8-4-7(5-14)2-3-9(8)19(16,17)15-6-10(11,12)13/h2-4,15H,5-6,14H2,1H3. The number of ether oxygens (including phenoxy) is 1. The molecule has 19 heavy (non-hydrogen) atoms. The van der Waals surface area contributed by atoms with Crippen LogP contribution in [0.15, 0.2) is 23.1 Å². The van der Waals surface area contributed by atoms with Crippen LogP contribution in [0.25, 0.3) is 0 Å². The Morgan fingerprint density at radius 1 is 1.37 bits per heavy atom. The van der Waals surface area contributed by atoms with Crippen LogP contribution in [-0.4, -0.2) is 28.2 Å². The molecule has 0 radical (unpaired) electrons. The predicted octanol–water partition coefficient (Wildman–Crippen LogP) is 0.995. The van der Waals surface area contributed by atoms with E-state index in [0.29, 0.717) is 5.56 Å². The lowest BCUT2D eigenvalue weighted by atomic mass is 10.2. The molecule has 3 N–H and O–H groups in total. The molecule has 0 aliphatic carbocycles. The number of nitrogens with one attached hydrogen (secondary N) is 1. The number of hydrogen-bond acceptors (Lipinski definition) is 4. The Bertz CT molecular complexity index is 543. The van der Waals surface area contributed by atoms with Crippen LogP contribution in [-0.2, 0) is 16.6 Å². The zero-order valence-corrected chi connectivity index (χ0v) is 10.8. The molecular weight excluding hydrogens is 285 g/mol. The first kappa shape index (κ1) is 15.7. The van der Waals surface area contributed by atoms with E-state index in [0.717, 1.165) is 6.07 Å². The zero-order chi connectivity index (χ0) is 14.7. The number of rotatable bonds is 5. The van der Waals surface area contributed by atoms with Crippen molar-refractivity contribution < 1.29 is 26.3 Å². The van der Waals surface area contributed by atoms with E-state index in [2.05, 4.69) is 0 Å². The van der Waals surface area contributed by atoms with Crippen molar-refractivity contribution in [3.8, 4) is 5.75 Å². The number of methoxy groups -OCH3 is 1. The average molecular weight is 298 g/mol. The molecule has 0 aromatic heterocycles. The molecule has 1 aromatic rings. The van der Waals surface area contributed by atoms with Gasteiger partial charge in [-0.15, -0.1) is 0 Å². The molecule has 0 saturated heterocycles. The summed E-state index contributed by atoms with van der Waals surface area (Å²) >= 11 is 0. The molecule has 0 aliphatic heterocycles. The Labute approximate surface area is 108 Å². The van der Waals surface area contributed by atoms with E-state index in [1.165, 1.54) is 24.0 Å². The molecule has 5 nitrogen and oxygen atoms in total. The lowest BCUT2D eigenvalue weighted by Gasteiger charge is -2.13. The van der Waals surface area contributed by atoms with Crippen molar-refractivity contribution in [3.63, 3.8) is 0 Å². The van der Waals surface area contributed by atoms with Crippen LogP contribution in [0.1, 0.15) is 5.56 Å². The normalized spacial score (nSPS) is 12.5. The smallest absolute Gasteiger partial charge is 0.402 e. The molecule has 0 fully saturated rings. The van der Waals surface area contributed by atoms with E-state index < -0.39 is 22.7 Å². The molecule has 0 atom stereocenters. The van der Waals surface area contributed by atoms with E-state index >= 15 is 0 Å². The first-order valence-electron chi connectivity index (χ1n) is 5.13. The lowest BCUT2D eigenvalue weighted by molar-refractivity contribution is -0.121. The summed E-state index contributed by atoms with van der Waals surface area (Å²) in [6.45, 7) is -1.48. The number of nitrogens with two attached hydrogens (primary N) is 1. The van der Waals surface area contributed by atoms with E-state index in [-0.39, 0.29) is 17.2 Å². The number of halogens is 3. The molecule has 0 spiro atoms. The van der Waals surface area contributed by atoms with Gasteiger partial charge in [-0.25, -0.2) is 13.1 Å². The maximum atomic E-state index is 12.0. The quantitative estimate of drug-likeness (QED) is 0.849. The van der Waals surface area contributed by atoms with Gasteiger partial charge in [-0.2, -0.15) is 13.2 Å². The SMILES string of the molecule is COc1cc(CN)ccc1S(=O)(=O)NCC(F)(F)F. The highest BCUT2D eigenvalue weighted by Gasteiger charge is 2.31. The third-order valence-corrected chi connectivity index (χ3v) is 3.66. The van der Waals surface area contributed by atoms with Gasteiger partial charge >= 0.3 is 6.18 Å². The molecule has 0 heterocycles. The van der Waals surface area contributed by atoms with Crippen LogP contribution in [0.3, 0.4) is 0 Å². The highest BCUT2D eigenvalue weighted by atomic mass is 32.2. The minimum atomic E-state index is -4.63. The minimum Gasteiger partial charge on any atom is -0.495 e. The van der Waals surface area contributed by atoms with Gasteiger partial charge in [0.15, 0.2) is 0 Å². The summed E-state index contributed by atoms with van der Waals surface area (Å²) in [6.07, 6.45) is -4.63. The fraction of sp³-hybridized carbons (Fsp3) is 0.400. The Hall–Kier alpha value is -1.32. The molecule has 0 aliphatic rings. The fourth-order valence-electron chi connectivity index (χ4n) is 1.32. The highest BCUT2D eigenvalue weighted by molar-refractivity contribution is 7.89. The van der Waals surface area contributed by atoms with E-state index in [4.69, 9.17) is 10.5 Å². The number of benzene rings is 1. The zero-order valence-electron chi connectivity index (χ0n) is 9.99. The second kappa shape index (κ2) is 5.76. The summed E-state index contributed by atoms with van der Waals surface area (Å²) in [5, 5.41) is 0. The third-order valence-electron chi connectivity index (χ3n) is 2.22. The van der Waals surface area contributed by atoms with Gasteiger partial charge in [0.2, 0.25) is 10.0 Å².